The van der Waals surface area contributed by atoms with E-state index >= 15 is 0 Å². The second-order valence-electron chi connectivity index (χ2n) is 3.03. The van der Waals surface area contributed by atoms with Crippen LogP contribution in [0.5, 0.6) is 0 Å². The van der Waals surface area contributed by atoms with Crippen LogP contribution in [0.25, 0.3) is 0 Å². The van der Waals surface area contributed by atoms with E-state index in [1.165, 1.54) is 12.1 Å². The van der Waals surface area contributed by atoms with Gasteiger partial charge in [-0.3, -0.25) is 4.79 Å². The molecular formula is C10H10BrFO3. The van der Waals surface area contributed by atoms with Crippen molar-refractivity contribution in [2.24, 2.45) is 0 Å². The van der Waals surface area contributed by atoms with Gasteiger partial charge in [-0.15, -0.1) is 0 Å². The van der Waals surface area contributed by atoms with Gasteiger partial charge < -0.3 is 10.2 Å². The zero-order valence-corrected chi connectivity index (χ0v) is 9.32. The van der Waals surface area contributed by atoms with E-state index in [2.05, 4.69) is 15.9 Å². The molecule has 0 saturated carbocycles. The third-order valence-corrected chi connectivity index (χ3v) is 2.71. The zero-order valence-electron chi connectivity index (χ0n) is 7.73. The Labute approximate surface area is 94.7 Å². The standard InChI is InChI=1S/C10H10BrFO3/c11-4-9(14)10(15)6-2-1-3-8(12)7(6)5-13/h1-3,5,9-10,14-15H,4H2. The van der Waals surface area contributed by atoms with E-state index in [0.717, 1.165) is 6.07 Å². The largest absolute Gasteiger partial charge is 0.389 e. The van der Waals surface area contributed by atoms with E-state index in [1.807, 2.05) is 0 Å². The van der Waals surface area contributed by atoms with E-state index < -0.39 is 18.0 Å². The molecular weight excluding hydrogens is 267 g/mol. The molecule has 1 rings (SSSR count). The SMILES string of the molecule is O=Cc1c(F)cccc1C(O)C(O)CBr. The van der Waals surface area contributed by atoms with Crippen LogP contribution in [0.4, 0.5) is 4.39 Å². The van der Waals surface area contributed by atoms with Crippen molar-refractivity contribution in [3.63, 3.8) is 0 Å². The predicted molar refractivity (Wildman–Crippen MR) is 56.5 cm³/mol. The van der Waals surface area contributed by atoms with Crippen molar-refractivity contribution in [1.82, 2.24) is 0 Å². The smallest absolute Gasteiger partial charge is 0.153 e. The van der Waals surface area contributed by atoms with Gasteiger partial charge in [-0.25, -0.2) is 4.39 Å². The van der Waals surface area contributed by atoms with Crippen molar-refractivity contribution in [2.45, 2.75) is 12.2 Å². The molecule has 5 heteroatoms. The summed E-state index contributed by atoms with van der Waals surface area (Å²) in [5.41, 5.74) is -0.123. The normalized spacial score (nSPS) is 14.7. The maximum atomic E-state index is 13.1. The predicted octanol–water partition coefficient (Wildman–Crippen LogP) is 1.43. The molecule has 2 unspecified atom stereocenters. The number of alkyl halides is 1. The van der Waals surface area contributed by atoms with E-state index in [0.29, 0.717) is 6.29 Å². The third-order valence-electron chi connectivity index (χ3n) is 2.05. The summed E-state index contributed by atoms with van der Waals surface area (Å²) in [5, 5.41) is 19.1. The molecule has 2 N–H and O–H groups in total. The quantitative estimate of drug-likeness (QED) is 0.646. The Kier molecular flexibility index (Phi) is 4.38. The monoisotopic (exact) mass is 276 g/mol. The van der Waals surface area contributed by atoms with Gasteiger partial charge >= 0.3 is 0 Å². The van der Waals surface area contributed by atoms with E-state index in [9.17, 15) is 19.4 Å². The van der Waals surface area contributed by atoms with Crippen molar-refractivity contribution >= 4 is 22.2 Å². The molecule has 0 heterocycles. The number of aliphatic hydroxyl groups excluding tert-OH is 2. The molecule has 2 atom stereocenters. The molecule has 1 aromatic carbocycles. The van der Waals surface area contributed by atoms with Crippen LogP contribution < -0.4 is 0 Å². The van der Waals surface area contributed by atoms with Gasteiger partial charge in [-0.1, -0.05) is 28.1 Å². The van der Waals surface area contributed by atoms with Gasteiger partial charge in [0.05, 0.1) is 11.7 Å². The summed E-state index contributed by atoms with van der Waals surface area (Å²) < 4.78 is 13.1. The molecule has 0 fully saturated rings. The van der Waals surface area contributed by atoms with Crippen molar-refractivity contribution in [3.8, 4) is 0 Å². The molecule has 0 saturated heterocycles. The summed E-state index contributed by atoms with van der Waals surface area (Å²) in [7, 11) is 0. The molecule has 0 aliphatic rings. The molecule has 0 radical (unpaired) electrons. The number of aldehydes is 1. The first-order chi connectivity index (χ1) is 7.11. The molecule has 15 heavy (non-hydrogen) atoms. The van der Waals surface area contributed by atoms with Crippen LogP contribution in [0, 0.1) is 5.82 Å². The fourth-order valence-electron chi connectivity index (χ4n) is 1.23. The molecule has 0 aliphatic heterocycles. The molecule has 0 aromatic heterocycles. The summed E-state index contributed by atoms with van der Waals surface area (Å²) in [6.07, 6.45) is -2.03. The van der Waals surface area contributed by atoms with Crippen molar-refractivity contribution in [2.75, 3.05) is 5.33 Å². The molecule has 3 nitrogen and oxygen atoms in total. The summed E-state index contributed by atoms with van der Waals surface area (Å²) in [6, 6.07) is 3.91. The van der Waals surface area contributed by atoms with Gasteiger partial charge in [-0.2, -0.15) is 0 Å². The second-order valence-corrected chi connectivity index (χ2v) is 3.67. The summed E-state index contributed by atoms with van der Waals surface area (Å²) >= 11 is 2.99. The number of hydrogen-bond acceptors (Lipinski definition) is 3. The zero-order chi connectivity index (χ0) is 11.4. The lowest BCUT2D eigenvalue weighted by molar-refractivity contribution is 0.0336. The lowest BCUT2D eigenvalue weighted by atomic mass is 9.99. The number of halogens is 2. The Morgan fingerprint density at radius 2 is 2.13 bits per heavy atom. The van der Waals surface area contributed by atoms with Crippen molar-refractivity contribution < 1.29 is 19.4 Å². The van der Waals surface area contributed by atoms with Crippen molar-refractivity contribution in [1.29, 1.82) is 0 Å². The Hall–Kier alpha value is -0.780. The molecule has 0 spiro atoms. The van der Waals surface area contributed by atoms with Crippen LogP contribution in [-0.4, -0.2) is 27.9 Å². The highest BCUT2D eigenvalue weighted by atomic mass is 79.9. The van der Waals surface area contributed by atoms with Crippen molar-refractivity contribution in [3.05, 3.63) is 35.1 Å². The highest BCUT2D eigenvalue weighted by Crippen LogP contribution is 2.22. The summed E-state index contributed by atoms with van der Waals surface area (Å²) in [4.78, 5) is 10.6. The highest BCUT2D eigenvalue weighted by molar-refractivity contribution is 9.09. The minimum atomic E-state index is -1.28. The number of carbonyl (C=O) groups excluding carboxylic acids is 1. The van der Waals surface area contributed by atoms with Crippen LogP contribution >= 0.6 is 15.9 Å². The summed E-state index contributed by atoms with van der Waals surface area (Å²) in [6.45, 7) is 0. The highest BCUT2D eigenvalue weighted by Gasteiger charge is 2.21. The first-order valence-corrected chi connectivity index (χ1v) is 5.39. The first-order valence-electron chi connectivity index (χ1n) is 4.27. The minimum absolute atomic E-state index is 0.0944. The maximum absolute atomic E-state index is 13.1. The number of rotatable bonds is 4. The molecule has 82 valence electrons. The van der Waals surface area contributed by atoms with E-state index in [-0.39, 0.29) is 16.5 Å². The second kappa shape index (κ2) is 5.34. The average Bonchev–Trinajstić information content (AvgIpc) is 2.26. The number of hydrogen-bond donors (Lipinski definition) is 2. The Bertz CT molecular complexity index is 357. The van der Waals surface area contributed by atoms with Crippen LogP contribution in [0.2, 0.25) is 0 Å². The Morgan fingerprint density at radius 1 is 1.47 bits per heavy atom. The summed E-state index contributed by atoms with van der Waals surface area (Å²) in [5.74, 6) is -0.705. The van der Waals surface area contributed by atoms with Crippen LogP contribution in [0.3, 0.4) is 0 Å². The van der Waals surface area contributed by atoms with Gasteiger partial charge in [0, 0.05) is 5.33 Å². The fourth-order valence-corrected chi connectivity index (χ4v) is 1.58. The van der Waals surface area contributed by atoms with Crippen LogP contribution in [-0.2, 0) is 0 Å². The molecule has 1 aromatic rings. The van der Waals surface area contributed by atoms with Gasteiger partial charge in [-0.05, 0) is 11.6 Å². The van der Waals surface area contributed by atoms with Crippen LogP contribution in [0.15, 0.2) is 18.2 Å². The topological polar surface area (TPSA) is 57.5 Å². The molecule has 0 bridgehead atoms. The number of aliphatic hydroxyl groups is 2. The molecule has 0 amide bonds. The van der Waals surface area contributed by atoms with E-state index in [1.54, 1.807) is 0 Å². The third kappa shape index (κ3) is 2.62. The van der Waals surface area contributed by atoms with Crippen LogP contribution in [0.1, 0.15) is 22.0 Å². The van der Waals surface area contributed by atoms with Gasteiger partial charge in [0.25, 0.3) is 0 Å². The fraction of sp³-hybridized carbons (Fsp3) is 0.300. The first kappa shape index (κ1) is 12.3. The minimum Gasteiger partial charge on any atom is -0.389 e. The Balaban J connectivity index is 3.13. The number of carbonyl (C=O) groups is 1. The van der Waals surface area contributed by atoms with Gasteiger partial charge in [0.2, 0.25) is 0 Å². The average molecular weight is 277 g/mol. The molecule has 0 aliphatic carbocycles. The van der Waals surface area contributed by atoms with Gasteiger partial charge in [0.1, 0.15) is 11.9 Å². The lowest BCUT2D eigenvalue weighted by Crippen LogP contribution is -2.21. The maximum Gasteiger partial charge on any atom is 0.153 e. The lowest BCUT2D eigenvalue weighted by Gasteiger charge is -2.17. The van der Waals surface area contributed by atoms with Gasteiger partial charge in [0.15, 0.2) is 6.29 Å². The number of benzene rings is 1. The Morgan fingerprint density at radius 3 is 2.67 bits per heavy atom. The van der Waals surface area contributed by atoms with E-state index in [4.69, 9.17) is 0 Å².